The lowest BCUT2D eigenvalue weighted by atomic mass is 10.1. The molecule has 0 amide bonds. The summed E-state index contributed by atoms with van der Waals surface area (Å²) in [6.07, 6.45) is -3.28. The van der Waals surface area contributed by atoms with E-state index in [4.69, 9.17) is 24.5 Å². The van der Waals surface area contributed by atoms with Crippen molar-refractivity contribution in [3.05, 3.63) is 46.3 Å². The van der Waals surface area contributed by atoms with Crippen LogP contribution in [0.25, 0.3) is 10.4 Å². The molecule has 1 aromatic rings. The predicted molar refractivity (Wildman–Crippen MR) is 83.7 cm³/mol. The summed E-state index contributed by atoms with van der Waals surface area (Å²) in [5.74, 6) is -0.773. The molecule has 2 heterocycles. The first-order valence-corrected chi connectivity index (χ1v) is 7.86. The molecular formula is C16H21N3O5. The van der Waals surface area contributed by atoms with E-state index >= 15 is 0 Å². The molecule has 5 atom stereocenters. The number of benzene rings is 1. The number of nitrogens with zero attached hydrogens (tertiary/aromatic N) is 3. The molecule has 2 aliphatic rings. The quantitative estimate of drug-likeness (QED) is 0.487. The Balaban J connectivity index is 1.72. The summed E-state index contributed by atoms with van der Waals surface area (Å²) in [4.78, 5) is 2.67. The van der Waals surface area contributed by atoms with Gasteiger partial charge >= 0.3 is 0 Å². The van der Waals surface area contributed by atoms with E-state index in [0.717, 1.165) is 5.56 Å². The summed E-state index contributed by atoms with van der Waals surface area (Å²) in [6.45, 7) is 3.85. The first kappa shape index (κ1) is 17.2. The molecule has 0 aromatic heterocycles. The van der Waals surface area contributed by atoms with Gasteiger partial charge in [-0.05, 0) is 24.9 Å². The minimum Gasteiger partial charge on any atom is -0.390 e. The van der Waals surface area contributed by atoms with Gasteiger partial charge in [-0.2, -0.15) is 0 Å². The van der Waals surface area contributed by atoms with Gasteiger partial charge in [0.05, 0.1) is 19.3 Å². The number of hydrogen-bond donors (Lipinski definition) is 1. The predicted octanol–water partition coefficient (Wildman–Crippen LogP) is 2.12. The Morgan fingerprint density at radius 1 is 1.33 bits per heavy atom. The maximum absolute atomic E-state index is 10.3. The third-order valence-corrected chi connectivity index (χ3v) is 4.02. The molecule has 1 N–H and O–H groups in total. The Morgan fingerprint density at radius 2 is 2.08 bits per heavy atom. The third-order valence-electron chi connectivity index (χ3n) is 4.02. The second-order valence-electron chi connectivity index (χ2n) is 6.31. The van der Waals surface area contributed by atoms with Crippen LogP contribution in [-0.2, 0) is 25.6 Å². The Bertz CT molecular complexity index is 605. The number of azide groups is 1. The van der Waals surface area contributed by atoms with Gasteiger partial charge < -0.3 is 24.1 Å². The molecule has 24 heavy (non-hydrogen) atoms. The van der Waals surface area contributed by atoms with Crippen molar-refractivity contribution >= 4 is 0 Å². The van der Waals surface area contributed by atoms with Crippen molar-refractivity contribution in [1.29, 1.82) is 0 Å². The highest BCUT2D eigenvalue weighted by molar-refractivity contribution is 5.13. The summed E-state index contributed by atoms with van der Waals surface area (Å²) in [5, 5.41) is 13.7. The summed E-state index contributed by atoms with van der Waals surface area (Å²) >= 11 is 0. The third kappa shape index (κ3) is 3.70. The minimum atomic E-state index is -0.998. The standard InChI is InChI=1S/C16H21N3O5/c1-16(2)23-14-13(21-9-10-6-4-3-5-7-10)12(22-15(14)24-16)11(20)8-18-19-17/h3-7,11-15,20H,8-9H2,1-2H3/t11-,12-,13+,14-,15-/m1/s1. The zero-order valence-electron chi connectivity index (χ0n) is 13.6. The maximum Gasteiger partial charge on any atom is 0.190 e. The normalized spacial score (nSPS) is 32.1. The van der Waals surface area contributed by atoms with Crippen molar-refractivity contribution in [1.82, 2.24) is 0 Å². The topological polar surface area (TPSA) is 106 Å². The minimum absolute atomic E-state index is 0.102. The number of rotatable bonds is 6. The number of hydrogen-bond acceptors (Lipinski definition) is 6. The van der Waals surface area contributed by atoms with Crippen molar-refractivity contribution in [2.75, 3.05) is 6.54 Å². The van der Waals surface area contributed by atoms with Crippen LogP contribution >= 0.6 is 0 Å². The number of ether oxygens (including phenoxy) is 4. The molecule has 0 aliphatic carbocycles. The van der Waals surface area contributed by atoms with E-state index in [1.807, 2.05) is 30.3 Å². The Labute approximate surface area is 139 Å². The highest BCUT2D eigenvalue weighted by atomic mass is 16.8. The largest absolute Gasteiger partial charge is 0.390 e. The molecule has 0 radical (unpaired) electrons. The summed E-state index contributed by atoms with van der Waals surface area (Å²) < 4.78 is 23.3. The molecule has 130 valence electrons. The van der Waals surface area contributed by atoms with Crippen LogP contribution < -0.4 is 0 Å². The molecule has 3 rings (SSSR count). The lowest BCUT2D eigenvalue weighted by Gasteiger charge is -2.28. The molecule has 8 nitrogen and oxygen atoms in total. The fourth-order valence-corrected chi connectivity index (χ4v) is 2.99. The van der Waals surface area contributed by atoms with E-state index in [1.54, 1.807) is 13.8 Å². The van der Waals surface area contributed by atoms with Gasteiger partial charge in [0, 0.05) is 4.91 Å². The zero-order valence-corrected chi connectivity index (χ0v) is 13.6. The van der Waals surface area contributed by atoms with E-state index in [2.05, 4.69) is 10.0 Å². The summed E-state index contributed by atoms with van der Waals surface area (Å²) in [7, 11) is 0. The van der Waals surface area contributed by atoms with Crippen molar-refractivity contribution in [2.24, 2.45) is 5.11 Å². The SMILES string of the molecule is CC1(C)O[C@H]2O[C@H]([C@H](O)CN=[N+]=[N-])[C@H](OCc3ccccc3)[C@H]2O1. The van der Waals surface area contributed by atoms with Gasteiger partial charge in [0.1, 0.15) is 18.3 Å². The Hall–Kier alpha value is -1.67. The van der Waals surface area contributed by atoms with Crippen LogP contribution in [0.1, 0.15) is 19.4 Å². The highest BCUT2D eigenvalue weighted by Gasteiger charge is 2.56. The molecule has 0 spiro atoms. The van der Waals surface area contributed by atoms with Gasteiger partial charge in [-0.15, -0.1) is 0 Å². The van der Waals surface area contributed by atoms with Gasteiger partial charge in [0.15, 0.2) is 12.1 Å². The fraction of sp³-hybridized carbons (Fsp3) is 0.625. The van der Waals surface area contributed by atoms with Crippen LogP contribution in [0.5, 0.6) is 0 Å². The van der Waals surface area contributed by atoms with Crippen molar-refractivity contribution in [3.8, 4) is 0 Å². The van der Waals surface area contributed by atoms with Crippen molar-refractivity contribution in [3.63, 3.8) is 0 Å². The lowest BCUT2D eigenvalue weighted by Crippen LogP contribution is -2.43. The molecule has 2 aliphatic heterocycles. The van der Waals surface area contributed by atoms with Crippen LogP contribution in [0, 0.1) is 0 Å². The van der Waals surface area contributed by atoms with Crippen LogP contribution in [0.2, 0.25) is 0 Å². The summed E-state index contributed by atoms with van der Waals surface area (Å²) in [6, 6.07) is 9.70. The number of fused-ring (bicyclic) bond motifs is 1. The van der Waals surface area contributed by atoms with Gasteiger partial charge in [-0.3, -0.25) is 0 Å². The van der Waals surface area contributed by atoms with Crippen LogP contribution in [0.15, 0.2) is 35.4 Å². The zero-order chi connectivity index (χ0) is 17.2. The van der Waals surface area contributed by atoms with Gasteiger partial charge in [-0.1, -0.05) is 35.4 Å². The van der Waals surface area contributed by atoms with Crippen LogP contribution in [-0.4, -0.2) is 48.1 Å². The summed E-state index contributed by atoms with van der Waals surface area (Å²) in [5.41, 5.74) is 9.43. The average Bonchev–Trinajstić information content (AvgIpc) is 3.03. The average molecular weight is 335 g/mol. The van der Waals surface area contributed by atoms with Crippen LogP contribution in [0.4, 0.5) is 0 Å². The van der Waals surface area contributed by atoms with E-state index in [-0.39, 0.29) is 6.54 Å². The van der Waals surface area contributed by atoms with E-state index in [1.165, 1.54) is 0 Å². The number of aliphatic hydroxyl groups is 1. The van der Waals surface area contributed by atoms with Gasteiger partial charge in [0.2, 0.25) is 0 Å². The Kier molecular flexibility index (Phi) is 5.05. The van der Waals surface area contributed by atoms with E-state index in [0.29, 0.717) is 6.61 Å². The molecule has 8 heteroatoms. The molecule has 0 bridgehead atoms. The molecule has 0 saturated carbocycles. The molecule has 2 fully saturated rings. The Morgan fingerprint density at radius 3 is 2.79 bits per heavy atom. The van der Waals surface area contributed by atoms with E-state index in [9.17, 15) is 5.11 Å². The highest BCUT2D eigenvalue weighted by Crippen LogP contribution is 2.40. The first-order valence-electron chi connectivity index (χ1n) is 7.86. The second kappa shape index (κ2) is 7.06. The van der Waals surface area contributed by atoms with Gasteiger partial charge in [-0.25, -0.2) is 0 Å². The second-order valence-corrected chi connectivity index (χ2v) is 6.31. The fourth-order valence-electron chi connectivity index (χ4n) is 2.99. The molecular weight excluding hydrogens is 314 g/mol. The maximum atomic E-state index is 10.3. The number of aliphatic hydroxyl groups excluding tert-OH is 1. The van der Waals surface area contributed by atoms with Crippen LogP contribution in [0.3, 0.4) is 0 Å². The smallest absolute Gasteiger partial charge is 0.190 e. The van der Waals surface area contributed by atoms with Crippen molar-refractivity contribution in [2.45, 2.75) is 56.9 Å². The first-order chi connectivity index (χ1) is 11.5. The van der Waals surface area contributed by atoms with Crippen molar-refractivity contribution < 1.29 is 24.1 Å². The molecule has 1 aromatic carbocycles. The van der Waals surface area contributed by atoms with E-state index < -0.39 is 36.5 Å². The van der Waals surface area contributed by atoms with Gasteiger partial charge in [0.25, 0.3) is 0 Å². The molecule has 0 unspecified atom stereocenters. The monoisotopic (exact) mass is 335 g/mol. The molecule has 2 saturated heterocycles. The lowest BCUT2D eigenvalue weighted by molar-refractivity contribution is -0.229.